The van der Waals surface area contributed by atoms with Gasteiger partial charge in [0.1, 0.15) is 5.75 Å². The summed E-state index contributed by atoms with van der Waals surface area (Å²) in [6.07, 6.45) is 1.26. The Morgan fingerprint density at radius 3 is 2.44 bits per heavy atom. The van der Waals surface area contributed by atoms with Crippen LogP contribution < -0.4 is 10.1 Å². The lowest BCUT2D eigenvalue weighted by Gasteiger charge is -2.19. The van der Waals surface area contributed by atoms with Crippen LogP contribution in [0.4, 0.5) is 5.69 Å². The van der Waals surface area contributed by atoms with Crippen LogP contribution in [0, 0.1) is 5.41 Å². The SMILES string of the molecule is CC(C)Oc1ccc(NCCC(C)(C)C)cc1Cl. The lowest BCUT2D eigenvalue weighted by molar-refractivity contribution is 0.242. The molecule has 0 aromatic heterocycles. The van der Waals surface area contributed by atoms with Gasteiger partial charge in [0.25, 0.3) is 0 Å². The first kappa shape index (κ1) is 15.2. The second kappa shape index (κ2) is 6.33. The number of rotatable bonds is 5. The molecule has 0 saturated carbocycles. The van der Waals surface area contributed by atoms with Gasteiger partial charge in [0.15, 0.2) is 0 Å². The highest BCUT2D eigenvalue weighted by Gasteiger charge is 2.09. The average Bonchev–Trinajstić information content (AvgIpc) is 2.19. The Labute approximate surface area is 116 Å². The number of benzene rings is 1. The molecule has 1 N–H and O–H groups in total. The van der Waals surface area contributed by atoms with Gasteiger partial charge in [-0.15, -0.1) is 0 Å². The highest BCUT2D eigenvalue weighted by molar-refractivity contribution is 6.32. The Bertz CT molecular complexity index is 383. The molecule has 1 rings (SSSR count). The van der Waals surface area contributed by atoms with E-state index in [4.69, 9.17) is 16.3 Å². The second-order valence-electron chi connectivity index (χ2n) is 6.05. The number of anilines is 1. The van der Waals surface area contributed by atoms with E-state index in [1.807, 2.05) is 32.0 Å². The van der Waals surface area contributed by atoms with Gasteiger partial charge in [-0.05, 0) is 43.9 Å². The molecule has 0 amide bonds. The lowest BCUT2D eigenvalue weighted by atomic mass is 9.92. The standard InChI is InChI=1S/C15H24ClNO/c1-11(2)18-14-7-6-12(10-13(14)16)17-9-8-15(3,4)5/h6-7,10-11,17H,8-9H2,1-5H3. The van der Waals surface area contributed by atoms with E-state index in [1.165, 1.54) is 0 Å². The molecule has 18 heavy (non-hydrogen) atoms. The van der Waals surface area contributed by atoms with Gasteiger partial charge >= 0.3 is 0 Å². The van der Waals surface area contributed by atoms with Crippen LogP contribution in [0.1, 0.15) is 41.0 Å². The zero-order chi connectivity index (χ0) is 13.8. The first-order valence-corrected chi connectivity index (χ1v) is 6.86. The van der Waals surface area contributed by atoms with Gasteiger partial charge in [-0.25, -0.2) is 0 Å². The van der Waals surface area contributed by atoms with Crippen LogP contribution in [0.5, 0.6) is 5.75 Å². The minimum Gasteiger partial charge on any atom is -0.489 e. The molecule has 0 fully saturated rings. The number of halogens is 1. The Kier molecular flexibility index (Phi) is 5.33. The van der Waals surface area contributed by atoms with Crippen molar-refractivity contribution in [2.24, 2.45) is 5.41 Å². The molecule has 2 nitrogen and oxygen atoms in total. The van der Waals surface area contributed by atoms with Crippen LogP contribution in [0.2, 0.25) is 5.02 Å². The molecule has 3 heteroatoms. The molecular weight excluding hydrogens is 246 g/mol. The van der Waals surface area contributed by atoms with Gasteiger partial charge in [0.2, 0.25) is 0 Å². The fourth-order valence-corrected chi connectivity index (χ4v) is 1.77. The second-order valence-corrected chi connectivity index (χ2v) is 6.46. The van der Waals surface area contributed by atoms with E-state index in [0.29, 0.717) is 10.4 Å². The van der Waals surface area contributed by atoms with E-state index in [2.05, 4.69) is 26.1 Å². The summed E-state index contributed by atoms with van der Waals surface area (Å²) >= 11 is 6.18. The normalized spacial score (nSPS) is 11.7. The molecule has 0 radical (unpaired) electrons. The smallest absolute Gasteiger partial charge is 0.138 e. The highest BCUT2D eigenvalue weighted by Crippen LogP contribution is 2.28. The van der Waals surface area contributed by atoms with Crippen molar-refractivity contribution in [2.45, 2.75) is 47.1 Å². The number of hydrogen-bond acceptors (Lipinski definition) is 2. The van der Waals surface area contributed by atoms with Crippen molar-refractivity contribution in [1.82, 2.24) is 0 Å². The van der Waals surface area contributed by atoms with Crippen molar-refractivity contribution in [3.05, 3.63) is 23.2 Å². The maximum absolute atomic E-state index is 6.18. The van der Waals surface area contributed by atoms with Crippen molar-refractivity contribution in [2.75, 3.05) is 11.9 Å². The van der Waals surface area contributed by atoms with Crippen LogP contribution >= 0.6 is 11.6 Å². The fourth-order valence-electron chi connectivity index (χ4n) is 1.54. The minimum absolute atomic E-state index is 0.141. The summed E-state index contributed by atoms with van der Waals surface area (Å²) in [7, 11) is 0. The summed E-state index contributed by atoms with van der Waals surface area (Å²) in [5, 5.41) is 4.04. The Morgan fingerprint density at radius 2 is 1.94 bits per heavy atom. The van der Waals surface area contributed by atoms with E-state index in [-0.39, 0.29) is 6.10 Å². The van der Waals surface area contributed by atoms with E-state index in [1.54, 1.807) is 0 Å². The molecule has 0 saturated heterocycles. The topological polar surface area (TPSA) is 21.3 Å². The van der Waals surface area contributed by atoms with Gasteiger partial charge in [0.05, 0.1) is 11.1 Å². The first-order valence-electron chi connectivity index (χ1n) is 6.48. The third kappa shape index (κ3) is 5.63. The molecule has 0 bridgehead atoms. The predicted octanol–water partition coefficient (Wildman–Crippen LogP) is 4.98. The van der Waals surface area contributed by atoms with Crippen molar-refractivity contribution in [3.63, 3.8) is 0 Å². The number of nitrogens with one attached hydrogen (secondary N) is 1. The Hall–Kier alpha value is -0.890. The zero-order valence-corrected chi connectivity index (χ0v) is 12.8. The summed E-state index contributed by atoms with van der Waals surface area (Å²) in [4.78, 5) is 0. The molecule has 1 aromatic rings. The van der Waals surface area contributed by atoms with Crippen LogP contribution in [0.25, 0.3) is 0 Å². The highest BCUT2D eigenvalue weighted by atomic mass is 35.5. The minimum atomic E-state index is 0.141. The van der Waals surface area contributed by atoms with Gasteiger partial charge in [-0.3, -0.25) is 0 Å². The monoisotopic (exact) mass is 269 g/mol. The average molecular weight is 270 g/mol. The fraction of sp³-hybridized carbons (Fsp3) is 0.600. The van der Waals surface area contributed by atoms with Crippen molar-refractivity contribution in [3.8, 4) is 5.75 Å². The third-order valence-corrected chi connectivity index (χ3v) is 2.79. The third-order valence-electron chi connectivity index (χ3n) is 2.50. The van der Waals surface area contributed by atoms with Crippen LogP contribution in [-0.2, 0) is 0 Å². The van der Waals surface area contributed by atoms with Gasteiger partial charge in [-0.2, -0.15) is 0 Å². The summed E-state index contributed by atoms with van der Waals surface area (Å²) in [6.45, 7) is 11.6. The summed E-state index contributed by atoms with van der Waals surface area (Å²) in [6, 6.07) is 5.84. The first-order chi connectivity index (χ1) is 8.28. The van der Waals surface area contributed by atoms with E-state index >= 15 is 0 Å². The summed E-state index contributed by atoms with van der Waals surface area (Å²) in [5.74, 6) is 0.744. The summed E-state index contributed by atoms with van der Waals surface area (Å²) < 4.78 is 5.60. The Morgan fingerprint density at radius 1 is 1.28 bits per heavy atom. The molecule has 0 spiro atoms. The molecule has 0 heterocycles. The lowest BCUT2D eigenvalue weighted by Crippen LogP contribution is -2.12. The van der Waals surface area contributed by atoms with Crippen molar-refractivity contribution < 1.29 is 4.74 Å². The Balaban J connectivity index is 2.56. The molecule has 0 unspecified atom stereocenters. The molecular formula is C15H24ClNO. The summed E-state index contributed by atoms with van der Waals surface area (Å²) in [5.41, 5.74) is 1.39. The van der Waals surface area contributed by atoms with Crippen LogP contribution in [0.15, 0.2) is 18.2 Å². The van der Waals surface area contributed by atoms with Crippen molar-refractivity contribution >= 4 is 17.3 Å². The maximum atomic E-state index is 6.18. The molecule has 0 aliphatic heterocycles. The molecule has 102 valence electrons. The molecule has 0 aliphatic rings. The maximum Gasteiger partial charge on any atom is 0.138 e. The van der Waals surface area contributed by atoms with E-state index in [0.717, 1.165) is 24.4 Å². The zero-order valence-electron chi connectivity index (χ0n) is 12.0. The van der Waals surface area contributed by atoms with E-state index < -0.39 is 0 Å². The van der Waals surface area contributed by atoms with Gasteiger partial charge in [0, 0.05) is 12.2 Å². The largest absolute Gasteiger partial charge is 0.489 e. The van der Waals surface area contributed by atoms with Crippen LogP contribution in [0.3, 0.4) is 0 Å². The number of ether oxygens (including phenoxy) is 1. The molecule has 0 atom stereocenters. The van der Waals surface area contributed by atoms with Crippen LogP contribution in [-0.4, -0.2) is 12.6 Å². The predicted molar refractivity (Wildman–Crippen MR) is 79.8 cm³/mol. The van der Waals surface area contributed by atoms with Crippen molar-refractivity contribution in [1.29, 1.82) is 0 Å². The quantitative estimate of drug-likeness (QED) is 0.814. The molecule has 1 aromatic carbocycles. The van der Waals surface area contributed by atoms with E-state index in [9.17, 15) is 0 Å². The van der Waals surface area contributed by atoms with Gasteiger partial charge in [-0.1, -0.05) is 32.4 Å². The number of hydrogen-bond donors (Lipinski definition) is 1. The molecule has 0 aliphatic carbocycles. The van der Waals surface area contributed by atoms with Gasteiger partial charge < -0.3 is 10.1 Å².